The number of ether oxygens (including phenoxy) is 1. The number of hydrogen-bond donors (Lipinski definition) is 1. The molecule has 3 heterocycles. The number of amides is 1. The highest BCUT2D eigenvalue weighted by molar-refractivity contribution is 7.07. The number of carbonyl (C=O) groups is 1. The Bertz CT molecular complexity index is 1050. The fourth-order valence-electron chi connectivity index (χ4n) is 4.90. The number of piperidine rings is 1. The molecule has 0 radical (unpaired) electrons. The third-order valence-electron chi connectivity index (χ3n) is 7.01. The van der Waals surface area contributed by atoms with E-state index in [1.165, 1.54) is 11.3 Å². The summed E-state index contributed by atoms with van der Waals surface area (Å²) >= 11 is 1.75. The smallest absolute Gasteiger partial charge is 0.256 e. The van der Waals surface area contributed by atoms with Crippen molar-refractivity contribution in [3.8, 4) is 5.75 Å². The van der Waals surface area contributed by atoms with E-state index >= 15 is 0 Å². The summed E-state index contributed by atoms with van der Waals surface area (Å²) in [4.78, 5) is 17.6. The van der Waals surface area contributed by atoms with E-state index in [9.17, 15) is 4.79 Å². The van der Waals surface area contributed by atoms with E-state index in [1.807, 2.05) is 12.1 Å². The van der Waals surface area contributed by atoms with Crippen LogP contribution in [0.4, 0.5) is 5.69 Å². The molecule has 8 heteroatoms. The molecule has 3 aromatic rings. The van der Waals surface area contributed by atoms with Crippen LogP contribution in [-0.2, 0) is 6.54 Å². The van der Waals surface area contributed by atoms with E-state index < -0.39 is 0 Å². The second-order valence-electron chi connectivity index (χ2n) is 9.32. The summed E-state index contributed by atoms with van der Waals surface area (Å²) in [6, 6.07) is 11.5. The molecule has 1 aromatic carbocycles. The first-order valence-electron chi connectivity index (χ1n) is 12.3. The largest absolute Gasteiger partial charge is 0.497 e. The van der Waals surface area contributed by atoms with Gasteiger partial charge in [0.05, 0.1) is 12.8 Å². The zero-order valence-corrected chi connectivity index (χ0v) is 21.9. The number of hydrogen-bond acceptors (Lipinski definition) is 7. The average molecular weight is 497 g/mol. The third-order valence-corrected chi connectivity index (χ3v) is 7.74. The van der Waals surface area contributed by atoms with Crippen LogP contribution in [0.25, 0.3) is 0 Å². The van der Waals surface area contributed by atoms with E-state index in [0.717, 1.165) is 44.6 Å². The highest BCUT2D eigenvalue weighted by atomic mass is 32.1. The lowest BCUT2D eigenvalue weighted by molar-refractivity contribution is 0.0943. The Kier molecular flexibility index (Phi) is 8.46. The molecule has 188 valence electrons. The molecular formula is C27H36N4O3S. The molecule has 4 rings (SSSR count). The van der Waals surface area contributed by atoms with Gasteiger partial charge in [0.2, 0.25) is 0 Å². The molecule has 7 nitrogen and oxygen atoms in total. The molecule has 35 heavy (non-hydrogen) atoms. The number of nitrogens with zero attached hydrogens (tertiary/aromatic N) is 3. The number of likely N-dealkylation sites (tertiary alicyclic amines) is 1. The normalized spacial score (nSPS) is 15.7. The van der Waals surface area contributed by atoms with E-state index in [1.54, 1.807) is 32.3 Å². The van der Waals surface area contributed by atoms with E-state index in [4.69, 9.17) is 9.26 Å². The molecule has 1 atom stereocenters. The van der Waals surface area contributed by atoms with Crippen LogP contribution < -0.4 is 15.0 Å². The minimum atomic E-state index is -0.101. The third kappa shape index (κ3) is 6.24. The van der Waals surface area contributed by atoms with Crippen molar-refractivity contribution in [3.63, 3.8) is 0 Å². The topological polar surface area (TPSA) is 70.8 Å². The van der Waals surface area contributed by atoms with Crippen LogP contribution in [0.1, 0.15) is 53.6 Å². The van der Waals surface area contributed by atoms with Crippen LogP contribution in [-0.4, -0.2) is 54.8 Å². The Morgan fingerprint density at radius 1 is 1.26 bits per heavy atom. The van der Waals surface area contributed by atoms with Gasteiger partial charge in [0.15, 0.2) is 0 Å². The molecule has 1 fully saturated rings. The van der Waals surface area contributed by atoms with Crippen molar-refractivity contribution in [2.75, 3.05) is 31.6 Å². The minimum absolute atomic E-state index is 0.101. The zero-order valence-electron chi connectivity index (χ0n) is 21.1. The number of methoxy groups -OCH3 is 1. The highest BCUT2D eigenvalue weighted by Gasteiger charge is 2.27. The Balaban J connectivity index is 1.30. The van der Waals surface area contributed by atoms with Gasteiger partial charge in [-0.1, -0.05) is 5.16 Å². The molecule has 0 unspecified atom stereocenters. The number of aromatic nitrogens is 1. The van der Waals surface area contributed by atoms with Crippen molar-refractivity contribution in [1.29, 1.82) is 0 Å². The number of benzene rings is 1. The lowest BCUT2D eigenvalue weighted by Crippen LogP contribution is -2.48. The predicted octanol–water partition coefficient (Wildman–Crippen LogP) is 5.04. The van der Waals surface area contributed by atoms with Crippen molar-refractivity contribution < 1.29 is 14.1 Å². The highest BCUT2D eigenvalue weighted by Crippen LogP contribution is 2.29. The number of nitrogens with one attached hydrogen (secondary N) is 1. The van der Waals surface area contributed by atoms with Gasteiger partial charge in [0.1, 0.15) is 17.1 Å². The second-order valence-corrected chi connectivity index (χ2v) is 10.1. The van der Waals surface area contributed by atoms with Crippen LogP contribution in [0.3, 0.4) is 0 Å². The first-order valence-corrected chi connectivity index (χ1v) is 13.3. The van der Waals surface area contributed by atoms with Gasteiger partial charge in [-0.3, -0.25) is 4.79 Å². The van der Waals surface area contributed by atoms with Crippen molar-refractivity contribution in [2.45, 2.75) is 58.7 Å². The van der Waals surface area contributed by atoms with Crippen molar-refractivity contribution >= 4 is 22.9 Å². The van der Waals surface area contributed by atoms with Crippen molar-refractivity contribution in [2.24, 2.45) is 0 Å². The van der Waals surface area contributed by atoms with Gasteiger partial charge < -0.3 is 24.4 Å². The van der Waals surface area contributed by atoms with Gasteiger partial charge in [0, 0.05) is 44.0 Å². The Labute approximate surface area is 212 Å². The SMILES string of the molecule is COc1ccc(N(Cc2ccsc2)C2CCN([C@H](C)CCNC(=O)c3c(C)noc3C)CC2)cc1. The maximum Gasteiger partial charge on any atom is 0.256 e. The summed E-state index contributed by atoms with van der Waals surface area (Å²) in [6.07, 6.45) is 3.15. The fourth-order valence-corrected chi connectivity index (χ4v) is 5.56. The molecule has 0 saturated carbocycles. The van der Waals surface area contributed by atoms with Crippen LogP contribution in [0.5, 0.6) is 5.75 Å². The first kappa shape index (κ1) is 25.3. The molecule has 1 N–H and O–H groups in total. The average Bonchev–Trinajstić information content (AvgIpc) is 3.51. The summed E-state index contributed by atoms with van der Waals surface area (Å²) < 4.78 is 10.5. The minimum Gasteiger partial charge on any atom is -0.497 e. The Morgan fingerprint density at radius 2 is 2.00 bits per heavy atom. The van der Waals surface area contributed by atoms with Crippen LogP contribution in [0.15, 0.2) is 45.6 Å². The molecule has 1 amide bonds. The molecule has 0 bridgehead atoms. The molecule has 1 aliphatic rings. The van der Waals surface area contributed by atoms with Crippen molar-refractivity contribution in [3.05, 3.63) is 63.7 Å². The number of carbonyl (C=O) groups excluding carboxylic acids is 1. The van der Waals surface area contributed by atoms with E-state index in [2.05, 4.69) is 56.2 Å². The second kappa shape index (κ2) is 11.7. The first-order chi connectivity index (χ1) is 17.0. The van der Waals surface area contributed by atoms with Gasteiger partial charge in [-0.05, 0) is 86.7 Å². The van der Waals surface area contributed by atoms with Gasteiger partial charge in [0.25, 0.3) is 5.91 Å². The number of thiophene rings is 1. The number of aryl methyl sites for hydroxylation is 2. The van der Waals surface area contributed by atoms with Crippen LogP contribution >= 0.6 is 11.3 Å². The summed E-state index contributed by atoms with van der Waals surface area (Å²) in [5.41, 5.74) is 3.79. The maximum atomic E-state index is 12.5. The van der Waals surface area contributed by atoms with Gasteiger partial charge in [-0.2, -0.15) is 11.3 Å². The lowest BCUT2D eigenvalue weighted by atomic mass is 9.99. The molecule has 1 saturated heterocycles. The number of rotatable bonds is 10. The maximum absolute atomic E-state index is 12.5. The summed E-state index contributed by atoms with van der Waals surface area (Å²) in [5.74, 6) is 1.35. The number of anilines is 1. The predicted molar refractivity (Wildman–Crippen MR) is 140 cm³/mol. The van der Waals surface area contributed by atoms with E-state index in [0.29, 0.717) is 35.6 Å². The van der Waals surface area contributed by atoms with Crippen LogP contribution in [0, 0.1) is 13.8 Å². The quantitative estimate of drug-likeness (QED) is 0.424. The van der Waals surface area contributed by atoms with Gasteiger partial charge in [-0.25, -0.2) is 0 Å². The standard InChI is InChI=1S/C27H36N4O3S/c1-19(9-13-28-27(32)26-20(2)29-34-21(26)3)30-14-10-24(11-15-30)31(17-22-12-16-35-18-22)23-5-7-25(33-4)8-6-23/h5-8,12,16,18-19,24H,9-11,13-15,17H2,1-4H3,(H,28,32)/t19-/m1/s1. The molecule has 0 aliphatic carbocycles. The molecule has 2 aromatic heterocycles. The van der Waals surface area contributed by atoms with Crippen LogP contribution in [0.2, 0.25) is 0 Å². The summed E-state index contributed by atoms with van der Waals surface area (Å²) in [5, 5.41) is 11.3. The Morgan fingerprint density at radius 3 is 2.60 bits per heavy atom. The van der Waals surface area contributed by atoms with E-state index in [-0.39, 0.29) is 5.91 Å². The molecular weight excluding hydrogens is 460 g/mol. The van der Waals surface area contributed by atoms with Gasteiger partial charge in [-0.15, -0.1) is 0 Å². The lowest BCUT2D eigenvalue weighted by Gasteiger charge is -2.42. The fraction of sp³-hybridized carbons (Fsp3) is 0.481. The molecule has 1 aliphatic heterocycles. The zero-order chi connectivity index (χ0) is 24.8. The van der Waals surface area contributed by atoms with Gasteiger partial charge >= 0.3 is 0 Å². The Hall–Kier alpha value is -2.84. The molecule has 0 spiro atoms. The summed E-state index contributed by atoms with van der Waals surface area (Å²) in [7, 11) is 1.71. The van der Waals surface area contributed by atoms with Crippen molar-refractivity contribution in [1.82, 2.24) is 15.4 Å². The summed E-state index contributed by atoms with van der Waals surface area (Å²) in [6.45, 7) is 9.50. The monoisotopic (exact) mass is 496 g/mol.